The van der Waals surface area contributed by atoms with Crippen molar-refractivity contribution < 1.29 is 4.79 Å². The van der Waals surface area contributed by atoms with E-state index in [4.69, 9.17) is 5.73 Å². The number of rotatable bonds is 3. The van der Waals surface area contributed by atoms with Gasteiger partial charge in [-0.1, -0.05) is 24.3 Å². The van der Waals surface area contributed by atoms with E-state index >= 15 is 0 Å². The maximum atomic E-state index is 12.3. The first-order valence-electron chi connectivity index (χ1n) is 6.77. The van der Waals surface area contributed by atoms with Gasteiger partial charge in [-0.25, -0.2) is 0 Å². The highest BCUT2D eigenvalue weighted by molar-refractivity contribution is 5.84. The summed E-state index contributed by atoms with van der Waals surface area (Å²) in [6.07, 6.45) is 2.29. The highest BCUT2D eigenvalue weighted by Crippen LogP contribution is 2.60. The Hall–Kier alpha value is -1.35. The predicted molar refractivity (Wildman–Crippen MR) is 71.2 cm³/mol. The van der Waals surface area contributed by atoms with Crippen LogP contribution in [0.3, 0.4) is 0 Å². The van der Waals surface area contributed by atoms with Crippen molar-refractivity contribution in [1.82, 2.24) is 4.90 Å². The third kappa shape index (κ3) is 1.74. The van der Waals surface area contributed by atoms with Crippen LogP contribution >= 0.6 is 0 Å². The lowest BCUT2D eigenvalue weighted by Gasteiger charge is -2.16. The van der Waals surface area contributed by atoms with Crippen molar-refractivity contribution in [1.29, 1.82) is 0 Å². The summed E-state index contributed by atoms with van der Waals surface area (Å²) in [4.78, 5) is 14.1. The number of amides is 1. The van der Waals surface area contributed by atoms with E-state index in [-0.39, 0.29) is 11.8 Å². The molecule has 2 aliphatic carbocycles. The summed E-state index contributed by atoms with van der Waals surface area (Å²) in [5.74, 6) is 1.55. The number of nitrogens with two attached hydrogens (primary N) is 1. The van der Waals surface area contributed by atoms with Crippen LogP contribution in [0.5, 0.6) is 0 Å². The zero-order valence-corrected chi connectivity index (χ0v) is 10.8. The highest BCUT2D eigenvalue weighted by Gasteiger charge is 2.57. The van der Waals surface area contributed by atoms with Crippen LogP contribution in [0.25, 0.3) is 0 Å². The van der Waals surface area contributed by atoms with E-state index in [1.807, 2.05) is 7.05 Å². The molecule has 0 aliphatic heterocycles. The Morgan fingerprint density at radius 1 is 1.44 bits per heavy atom. The lowest BCUT2D eigenvalue weighted by molar-refractivity contribution is -0.131. The summed E-state index contributed by atoms with van der Waals surface area (Å²) in [7, 11) is 1.87. The molecule has 0 spiro atoms. The van der Waals surface area contributed by atoms with Gasteiger partial charge in [-0.3, -0.25) is 4.79 Å². The Labute approximate surface area is 108 Å². The minimum absolute atomic E-state index is 0.213. The molecule has 0 radical (unpaired) electrons. The second kappa shape index (κ2) is 4.39. The van der Waals surface area contributed by atoms with Gasteiger partial charge in [0.05, 0.1) is 0 Å². The topological polar surface area (TPSA) is 46.3 Å². The smallest absolute Gasteiger partial charge is 0.226 e. The van der Waals surface area contributed by atoms with Gasteiger partial charge in [0.15, 0.2) is 0 Å². The quantitative estimate of drug-likeness (QED) is 0.873. The van der Waals surface area contributed by atoms with Gasteiger partial charge in [0.25, 0.3) is 0 Å². The molecule has 3 heteroatoms. The number of hydrogen-bond acceptors (Lipinski definition) is 2. The first-order chi connectivity index (χ1) is 8.74. The molecular weight excluding hydrogens is 224 g/mol. The van der Waals surface area contributed by atoms with Gasteiger partial charge in [-0.2, -0.15) is 0 Å². The SMILES string of the molecule is CN(CCN)C(=O)C1C2CCc3ccccc3C21. The normalized spacial score (nSPS) is 28.2. The van der Waals surface area contributed by atoms with E-state index in [9.17, 15) is 4.79 Å². The molecule has 0 aromatic heterocycles. The summed E-state index contributed by atoms with van der Waals surface area (Å²) >= 11 is 0. The van der Waals surface area contributed by atoms with Gasteiger partial charge in [0.1, 0.15) is 0 Å². The third-order valence-electron chi connectivity index (χ3n) is 4.46. The van der Waals surface area contributed by atoms with Crippen molar-refractivity contribution in [3.8, 4) is 0 Å². The fraction of sp³-hybridized carbons (Fsp3) is 0.533. The van der Waals surface area contributed by atoms with Gasteiger partial charge in [0.2, 0.25) is 5.91 Å². The van der Waals surface area contributed by atoms with Crippen molar-refractivity contribution >= 4 is 5.91 Å². The molecule has 96 valence electrons. The van der Waals surface area contributed by atoms with E-state index < -0.39 is 0 Å². The average Bonchev–Trinajstić information content (AvgIpc) is 3.13. The first-order valence-corrected chi connectivity index (χ1v) is 6.77. The molecule has 3 atom stereocenters. The van der Waals surface area contributed by atoms with Gasteiger partial charge in [-0.05, 0) is 35.8 Å². The van der Waals surface area contributed by atoms with Crippen LogP contribution in [-0.4, -0.2) is 30.9 Å². The fourth-order valence-electron chi connectivity index (χ4n) is 3.46. The molecule has 0 bridgehead atoms. The minimum Gasteiger partial charge on any atom is -0.344 e. The Bertz CT molecular complexity index is 471. The van der Waals surface area contributed by atoms with Crippen LogP contribution in [0.4, 0.5) is 0 Å². The van der Waals surface area contributed by atoms with Crippen LogP contribution in [-0.2, 0) is 11.2 Å². The summed E-state index contributed by atoms with van der Waals surface area (Å²) in [5.41, 5.74) is 8.37. The van der Waals surface area contributed by atoms with Crippen LogP contribution in [0, 0.1) is 11.8 Å². The standard InChI is InChI=1S/C15H20N2O/c1-17(9-8-16)15(18)14-12-7-6-10-4-2-3-5-11(10)13(12)14/h2-5,12-14H,6-9,16H2,1H3. The number of benzene rings is 1. The maximum absolute atomic E-state index is 12.3. The highest BCUT2D eigenvalue weighted by atomic mass is 16.2. The third-order valence-corrected chi connectivity index (χ3v) is 4.46. The number of nitrogens with zero attached hydrogens (tertiary/aromatic N) is 1. The predicted octanol–water partition coefficient (Wildman–Crippen LogP) is 1.38. The summed E-state index contributed by atoms with van der Waals surface area (Å²) in [6.45, 7) is 1.21. The molecule has 1 aromatic rings. The van der Waals surface area contributed by atoms with Crippen LogP contribution < -0.4 is 5.73 Å². The van der Waals surface area contributed by atoms with E-state index in [0.717, 1.165) is 12.8 Å². The molecule has 3 unspecified atom stereocenters. The molecule has 1 aromatic carbocycles. The monoisotopic (exact) mass is 244 g/mol. The second-order valence-electron chi connectivity index (χ2n) is 5.50. The maximum Gasteiger partial charge on any atom is 0.226 e. The van der Waals surface area contributed by atoms with Crippen LogP contribution in [0.1, 0.15) is 23.5 Å². The molecule has 2 N–H and O–H groups in total. The van der Waals surface area contributed by atoms with Crippen LogP contribution in [0.2, 0.25) is 0 Å². The molecule has 1 saturated carbocycles. The molecule has 2 aliphatic rings. The number of fused-ring (bicyclic) bond motifs is 3. The van der Waals surface area contributed by atoms with Crippen molar-refractivity contribution in [2.24, 2.45) is 17.6 Å². The zero-order chi connectivity index (χ0) is 12.7. The van der Waals surface area contributed by atoms with Crippen molar-refractivity contribution in [3.63, 3.8) is 0 Å². The van der Waals surface area contributed by atoms with Gasteiger partial charge in [0, 0.05) is 26.1 Å². The lowest BCUT2D eigenvalue weighted by Crippen LogP contribution is -2.33. The average molecular weight is 244 g/mol. The largest absolute Gasteiger partial charge is 0.344 e. The van der Waals surface area contributed by atoms with Gasteiger partial charge in [-0.15, -0.1) is 0 Å². The Kier molecular flexibility index (Phi) is 2.86. The molecule has 1 amide bonds. The Morgan fingerprint density at radius 3 is 3.00 bits per heavy atom. The summed E-state index contributed by atoms with van der Waals surface area (Å²) in [6, 6.07) is 8.58. The van der Waals surface area contributed by atoms with Crippen LogP contribution in [0.15, 0.2) is 24.3 Å². The fourth-order valence-corrected chi connectivity index (χ4v) is 3.46. The Morgan fingerprint density at radius 2 is 2.22 bits per heavy atom. The number of carbonyl (C=O) groups excluding carboxylic acids is 1. The molecule has 3 rings (SSSR count). The molecule has 18 heavy (non-hydrogen) atoms. The van der Waals surface area contributed by atoms with Gasteiger partial charge >= 0.3 is 0 Å². The molecule has 3 nitrogen and oxygen atoms in total. The zero-order valence-electron chi connectivity index (χ0n) is 10.8. The first kappa shape index (κ1) is 11.7. The summed E-state index contributed by atoms with van der Waals surface area (Å²) < 4.78 is 0. The van der Waals surface area contributed by atoms with Crippen molar-refractivity contribution in [2.45, 2.75) is 18.8 Å². The van der Waals surface area contributed by atoms with E-state index in [1.165, 1.54) is 11.1 Å². The molecule has 1 fully saturated rings. The van der Waals surface area contributed by atoms with E-state index in [2.05, 4.69) is 24.3 Å². The number of carbonyl (C=O) groups is 1. The number of hydrogen-bond donors (Lipinski definition) is 1. The van der Waals surface area contributed by atoms with Crippen molar-refractivity contribution in [2.75, 3.05) is 20.1 Å². The molecule has 0 saturated heterocycles. The van der Waals surface area contributed by atoms with E-state index in [1.54, 1.807) is 4.90 Å². The van der Waals surface area contributed by atoms with E-state index in [0.29, 0.717) is 24.9 Å². The lowest BCUT2D eigenvalue weighted by atomic mass is 9.92. The minimum atomic E-state index is 0.213. The number of aryl methyl sites for hydroxylation is 1. The Balaban J connectivity index is 1.78. The summed E-state index contributed by atoms with van der Waals surface area (Å²) in [5, 5.41) is 0. The number of likely N-dealkylation sites (N-methyl/N-ethyl adjacent to an activating group) is 1. The van der Waals surface area contributed by atoms with Gasteiger partial charge < -0.3 is 10.6 Å². The second-order valence-corrected chi connectivity index (χ2v) is 5.50. The van der Waals surface area contributed by atoms with Crippen molar-refractivity contribution in [3.05, 3.63) is 35.4 Å². The molecule has 0 heterocycles. The molecular formula is C15H20N2O.